The highest BCUT2D eigenvalue weighted by molar-refractivity contribution is 5.75. The third-order valence-corrected chi connectivity index (χ3v) is 14.5. The Bertz CT molecular complexity index is 1060. The minimum absolute atomic E-state index is 0.00889. The summed E-state index contributed by atoms with van der Waals surface area (Å²) in [5.74, 6) is 2.52. The Balaban J connectivity index is 1.30. The zero-order chi connectivity index (χ0) is 31.5. The van der Waals surface area contributed by atoms with Gasteiger partial charge < -0.3 is 14.0 Å². The number of carbonyl (C=O) groups is 2. The average Bonchev–Trinajstić information content (AvgIpc) is 3.09. The molecule has 3 unspecified atom stereocenters. The molecule has 0 N–H and O–H groups in total. The van der Waals surface area contributed by atoms with E-state index in [0.29, 0.717) is 35.8 Å². The van der Waals surface area contributed by atoms with Crippen LogP contribution < -0.4 is 0 Å². The van der Waals surface area contributed by atoms with E-state index in [4.69, 9.17) is 9.47 Å². The van der Waals surface area contributed by atoms with E-state index in [1.807, 2.05) is 20.8 Å². The molecule has 2 saturated heterocycles. The lowest BCUT2D eigenvalue weighted by Crippen LogP contribution is -2.61. The molecule has 4 saturated carbocycles. The Morgan fingerprint density at radius 3 is 2.11 bits per heavy atom. The number of quaternary nitrogens is 1. The number of hydrogen-bond acceptors (Lipinski definition) is 5. The normalized spacial score (nSPS) is 44.4. The van der Waals surface area contributed by atoms with Crippen LogP contribution in [0, 0.1) is 39.9 Å². The van der Waals surface area contributed by atoms with Crippen molar-refractivity contribution in [3.63, 3.8) is 0 Å². The minimum Gasteiger partial charge on any atom is -0.461 e. The number of likely N-dealkylation sites (tertiary alicyclic amines) is 2. The number of rotatable bonds is 4. The molecule has 10 atom stereocenters. The van der Waals surface area contributed by atoms with E-state index in [1.54, 1.807) is 6.92 Å². The number of ether oxygens (including phenoxy) is 2. The first-order valence-corrected chi connectivity index (χ1v) is 18.7. The minimum atomic E-state index is -0.483. The van der Waals surface area contributed by atoms with E-state index >= 15 is 0 Å². The van der Waals surface area contributed by atoms with Gasteiger partial charge in [-0.15, -0.1) is 0 Å². The summed E-state index contributed by atoms with van der Waals surface area (Å²) in [6.07, 6.45) is 17.5. The zero-order valence-electron chi connectivity index (χ0n) is 29.4. The zero-order valence-corrected chi connectivity index (χ0v) is 29.4. The second-order valence-electron chi connectivity index (χ2n) is 18.2. The van der Waals surface area contributed by atoms with E-state index in [2.05, 4.69) is 25.8 Å². The van der Waals surface area contributed by atoms with Gasteiger partial charge in [-0.2, -0.15) is 0 Å². The van der Waals surface area contributed by atoms with Gasteiger partial charge in [0.25, 0.3) is 0 Å². The maximum absolute atomic E-state index is 13.6. The first-order chi connectivity index (χ1) is 20.8. The summed E-state index contributed by atoms with van der Waals surface area (Å²) < 4.78 is 14.0. The highest BCUT2D eigenvalue weighted by Gasteiger charge is 2.67. The summed E-state index contributed by atoms with van der Waals surface area (Å²) >= 11 is 0. The molecule has 6 fully saturated rings. The van der Waals surface area contributed by atoms with Crippen molar-refractivity contribution in [1.29, 1.82) is 0 Å². The highest BCUT2D eigenvalue weighted by Crippen LogP contribution is 2.68. The molecule has 0 radical (unpaired) electrons. The van der Waals surface area contributed by atoms with Crippen molar-refractivity contribution in [1.82, 2.24) is 4.90 Å². The molecular weight excluding hydrogens is 548 g/mol. The van der Waals surface area contributed by atoms with Crippen LogP contribution in [0.3, 0.4) is 0 Å². The van der Waals surface area contributed by atoms with Crippen molar-refractivity contribution >= 4 is 11.9 Å². The number of esters is 2. The Hall–Kier alpha value is -1.14. The number of carbonyl (C=O) groups excluding carboxylic acids is 2. The van der Waals surface area contributed by atoms with Crippen molar-refractivity contribution in [3.05, 3.63) is 0 Å². The SMILES string of the molecule is CC(=O)O[C@H]1C[C@@H]2CCC3C4C[C@H]([N+]5(C)CCCCCC5)[C@H](OC(=O)C(C)(C)C)[C@@]4(C)CCC3[C@@]2(C)C[C@@H]1N1CCCCC1. The molecule has 0 aromatic carbocycles. The maximum atomic E-state index is 13.6. The van der Waals surface area contributed by atoms with Gasteiger partial charge in [-0.05, 0) is 140 Å². The Morgan fingerprint density at radius 2 is 1.48 bits per heavy atom. The van der Waals surface area contributed by atoms with E-state index < -0.39 is 5.41 Å². The van der Waals surface area contributed by atoms with Crippen LogP contribution in [0.4, 0.5) is 0 Å². The van der Waals surface area contributed by atoms with Crippen LogP contribution in [0.25, 0.3) is 0 Å². The molecule has 2 aliphatic heterocycles. The van der Waals surface area contributed by atoms with Crippen molar-refractivity contribution in [3.8, 4) is 0 Å². The highest BCUT2D eigenvalue weighted by atomic mass is 16.6. The van der Waals surface area contributed by atoms with Crippen LogP contribution in [0.5, 0.6) is 0 Å². The van der Waals surface area contributed by atoms with Gasteiger partial charge in [0.2, 0.25) is 0 Å². The Kier molecular flexibility index (Phi) is 9.05. The molecule has 2 heterocycles. The van der Waals surface area contributed by atoms with Gasteiger partial charge in [-0.25, -0.2) is 0 Å². The van der Waals surface area contributed by atoms with Crippen LogP contribution in [0.2, 0.25) is 0 Å². The number of nitrogens with zero attached hydrogens (tertiary/aromatic N) is 2. The molecule has 250 valence electrons. The molecule has 0 bridgehead atoms. The largest absolute Gasteiger partial charge is 0.461 e. The number of piperidine rings is 1. The fourth-order valence-electron chi connectivity index (χ4n) is 12.0. The summed E-state index contributed by atoms with van der Waals surface area (Å²) in [7, 11) is 2.50. The summed E-state index contributed by atoms with van der Waals surface area (Å²) in [5, 5.41) is 0. The first kappa shape index (κ1) is 32.8. The van der Waals surface area contributed by atoms with Crippen molar-refractivity contribution in [2.24, 2.45) is 39.9 Å². The van der Waals surface area contributed by atoms with E-state index in [9.17, 15) is 9.59 Å². The lowest BCUT2D eigenvalue weighted by Gasteiger charge is -2.62. The fraction of sp³-hybridized carbons (Fsp3) is 0.947. The lowest BCUT2D eigenvalue weighted by molar-refractivity contribution is -0.935. The van der Waals surface area contributed by atoms with E-state index in [-0.39, 0.29) is 35.0 Å². The molecule has 0 aromatic rings. The predicted octanol–water partition coefficient (Wildman–Crippen LogP) is 7.38. The Morgan fingerprint density at radius 1 is 0.818 bits per heavy atom. The third kappa shape index (κ3) is 5.79. The molecule has 6 aliphatic rings. The van der Waals surface area contributed by atoms with Gasteiger partial charge in [0.05, 0.1) is 25.6 Å². The van der Waals surface area contributed by atoms with Crippen molar-refractivity contribution in [2.45, 2.75) is 156 Å². The van der Waals surface area contributed by atoms with Crippen molar-refractivity contribution < 1.29 is 23.5 Å². The van der Waals surface area contributed by atoms with Gasteiger partial charge in [0.1, 0.15) is 12.1 Å². The van der Waals surface area contributed by atoms with Gasteiger partial charge in [0.15, 0.2) is 6.10 Å². The monoisotopic (exact) mass is 613 g/mol. The molecular formula is C38H65N2O4+. The van der Waals surface area contributed by atoms with Gasteiger partial charge in [0, 0.05) is 24.8 Å². The molecule has 0 aromatic heterocycles. The molecule has 6 nitrogen and oxygen atoms in total. The van der Waals surface area contributed by atoms with E-state index in [0.717, 1.165) is 24.0 Å². The van der Waals surface area contributed by atoms with Crippen molar-refractivity contribution in [2.75, 3.05) is 33.2 Å². The fourth-order valence-corrected chi connectivity index (χ4v) is 12.0. The molecule has 6 rings (SSSR count). The summed E-state index contributed by atoms with van der Waals surface area (Å²) in [4.78, 5) is 28.6. The maximum Gasteiger partial charge on any atom is 0.311 e. The molecule has 0 amide bonds. The van der Waals surface area contributed by atoms with Crippen LogP contribution in [-0.2, 0) is 19.1 Å². The van der Waals surface area contributed by atoms with Crippen LogP contribution in [-0.4, -0.2) is 78.8 Å². The molecule has 0 spiro atoms. The Labute approximate surface area is 268 Å². The molecule has 4 aliphatic carbocycles. The summed E-state index contributed by atoms with van der Waals surface area (Å²) in [6, 6.07) is 0.755. The summed E-state index contributed by atoms with van der Waals surface area (Å²) in [6.45, 7) is 17.6. The predicted molar refractivity (Wildman–Crippen MR) is 175 cm³/mol. The molecule has 44 heavy (non-hydrogen) atoms. The number of hydrogen-bond donors (Lipinski definition) is 0. The third-order valence-electron chi connectivity index (χ3n) is 14.5. The first-order valence-electron chi connectivity index (χ1n) is 18.7. The van der Waals surface area contributed by atoms with Gasteiger partial charge in [-0.1, -0.05) is 20.3 Å². The lowest BCUT2D eigenvalue weighted by atomic mass is 9.44. The second kappa shape index (κ2) is 12.1. The molecule has 6 heteroatoms. The van der Waals surface area contributed by atoms with Crippen LogP contribution >= 0.6 is 0 Å². The standard InChI is InChI=1S/C38H65N2O4/c1-26(41)43-33-23-27-15-16-28-29(38(27,6)25-31(33)39-19-11-10-12-20-39)17-18-37(5)30(28)24-32(34(37)44-35(42)36(2,3)4)40(7)21-13-8-9-14-22-40/h27-34H,8-25H2,1-7H3/q+1/t27-,28?,29?,30?,31-,32-,33-,34-,37-,38-/m0/s1. The van der Waals surface area contributed by atoms with Crippen LogP contribution in [0.1, 0.15) is 131 Å². The smallest absolute Gasteiger partial charge is 0.311 e. The summed E-state index contributed by atoms with van der Waals surface area (Å²) in [5.41, 5.74) is -0.159. The van der Waals surface area contributed by atoms with Gasteiger partial charge >= 0.3 is 11.9 Å². The topological polar surface area (TPSA) is 55.8 Å². The van der Waals surface area contributed by atoms with Crippen LogP contribution in [0.15, 0.2) is 0 Å². The number of likely N-dealkylation sites (N-methyl/N-ethyl adjacent to an activating group) is 1. The second-order valence-corrected chi connectivity index (χ2v) is 18.2. The van der Waals surface area contributed by atoms with Gasteiger partial charge in [-0.3, -0.25) is 14.5 Å². The quantitative estimate of drug-likeness (QED) is 0.245. The van der Waals surface area contributed by atoms with E-state index in [1.165, 1.54) is 96.6 Å². The number of fused-ring (bicyclic) bond motifs is 5. The average molecular weight is 614 g/mol.